The molecule has 0 aromatic heterocycles. The standard InChI is InChI=1S/C12H15NO3/c1-9-4-6-10(7-5-9)13(2)11(14)8-12(15)16-3/h4-7H,8H2,1-3H3. The minimum atomic E-state index is -0.524. The summed E-state index contributed by atoms with van der Waals surface area (Å²) in [5.74, 6) is -0.806. The fourth-order valence-electron chi connectivity index (χ4n) is 1.23. The van der Waals surface area contributed by atoms with E-state index in [0.29, 0.717) is 0 Å². The zero-order valence-corrected chi connectivity index (χ0v) is 9.69. The van der Waals surface area contributed by atoms with Crippen LogP contribution in [0.15, 0.2) is 24.3 Å². The molecule has 0 heterocycles. The molecular weight excluding hydrogens is 206 g/mol. The number of nitrogens with zero attached hydrogens (tertiary/aromatic N) is 1. The second-order valence-electron chi connectivity index (χ2n) is 3.54. The number of carbonyl (C=O) groups is 2. The normalized spacial score (nSPS) is 9.69. The molecule has 16 heavy (non-hydrogen) atoms. The number of aryl methyl sites for hydroxylation is 1. The first-order valence-corrected chi connectivity index (χ1v) is 4.94. The highest BCUT2D eigenvalue weighted by Gasteiger charge is 2.15. The summed E-state index contributed by atoms with van der Waals surface area (Å²) in [6.07, 6.45) is -0.235. The summed E-state index contributed by atoms with van der Waals surface area (Å²) in [7, 11) is 2.90. The number of benzene rings is 1. The smallest absolute Gasteiger partial charge is 0.315 e. The number of ether oxygens (including phenoxy) is 1. The molecule has 0 aliphatic carbocycles. The van der Waals surface area contributed by atoms with Gasteiger partial charge in [0.05, 0.1) is 7.11 Å². The Labute approximate surface area is 94.8 Å². The Morgan fingerprint density at radius 1 is 1.25 bits per heavy atom. The number of methoxy groups -OCH3 is 1. The maximum absolute atomic E-state index is 11.6. The summed E-state index contributed by atoms with van der Waals surface area (Å²) >= 11 is 0. The number of carbonyl (C=O) groups excluding carboxylic acids is 2. The summed E-state index contributed by atoms with van der Waals surface area (Å²) < 4.78 is 4.44. The van der Waals surface area contributed by atoms with Crippen molar-refractivity contribution >= 4 is 17.6 Å². The molecule has 1 aromatic carbocycles. The first-order chi connectivity index (χ1) is 7.54. The van der Waals surface area contributed by atoms with Gasteiger partial charge in [-0.3, -0.25) is 9.59 Å². The van der Waals surface area contributed by atoms with Gasteiger partial charge in [0.15, 0.2) is 0 Å². The average Bonchev–Trinajstić information content (AvgIpc) is 2.28. The summed E-state index contributed by atoms with van der Waals surface area (Å²) in [4.78, 5) is 24.0. The van der Waals surface area contributed by atoms with Gasteiger partial charge in [0, 0.05) is 12.7 Å². The summed E-state index contributed by atoms with van der Waals surface area (Å²) in [5, 5.41) is 0. The zero-order valence-electron chi connectivity index (χ0n) is 9.69. The molecule has 0 aliphatic rings. The van der Waals surface area contributed by atoms with Crippen LogP contribution >= 0.6 is 0 Å². The Hall–Kier alpha value is -1.84. The molecular formula is C12H15NO3. The van der Waals surface area contributed by atoms with Crippen LogP contribution in [0, 0.1) is 6.92 Å². The quantitative estimate of drug-likeness (QED) is 0.574. The van der Waals surface area contributed by atoms with Crippen molar-refractivity contribution in [3.05, 3.63) is 29.8 Å². The van der Waals surface area contributed by atoms with Crippen LogP contribution < -0.4 is 4.90 Å². The number of rotatable bonds is 3. The third-order valence-corrected chi connectivity index (χ3v) is 2.32. The molecule has 4 heteroatoms. The Balaban J connectivity index is 2.70. The van der Waals surface area contributed by atoms with E-state index in [9.17, 15) is 9.59 Å². The fraction of sp³-hybridized carbons (Fsp3) is 0.333. The van der Waals surface area contributed by atoms with Crippen LogP contribution in [-0.2, 0) is 14.3 Å². The van der Waals surface area contributed by atoms with Crippen LogP contribution in [0.4, 0.5) is 5.69 Å². The first kappa shape index (κ1) is 12.2. The average molecular weight is 221 g/mol. The highest BCUT2D eigenvalue weighted by molar-refractivity contribution is 6.03. The van der Waals surface area contributed by atoms with Crippen molar-refractivity contribution in [3.8, 4) is 0 Å². The van der Waals surface area contributed by atoms with E-state index in [2.05, 4.69) is 4.74 Å². The third-order valence-electron chi connectivity index (χ3n) is 2.32. The predicted octanol–water partition coefficient (Wildman–Crippen LogP) is 1.52. The molecule has 0 spiro atoms. The monoisotopic (exact) mass is 221 g/mol. The minimum Gasteiger partial charge on any atom is -0.469 e. The van der Waals surface area contributed by atoms with Crippen molar-refractivity contribution in [2.24, 2.45) is 0 Å². The number of anilines is 1. The van der Waals surface area contributed by atoms with Gasteiger partial charge in [-0.25, -0.2) is 0 Å². The molecule has 0 radical (unpaired) electrons. The molecule has 1 aromatic rings. The Kier molecular flexibility index (Phi) is 4.05. The van der Waals surface area contributed by atoms with Crippen LogP contribution in [0.25, 0.3) is 0 Å². The van der Waals surface area contributed by atoms with Gasteiger partial charge in [-0.1, -0.05) is 17.7 Å². The van der Waals surface area contributed by atoms with Crippen LogP contribution in [-0.4, -0.2) is 26.0 Å². The highest BCUT2D eigenvalue weighted by atomic mass is 16.5. The molecule has 0 bridgehead atoms. The molecule has 0 N–H and O–H groups in total. The van der Waals surface area contributed by atoms with E-state index in [1.807, 2.05) is 31.2 Å². The third kappa shape index (κ3) is 3.08. The molecule has 0 fully saturated rings. The molecule has 0 unspecified atom stereocenters. The van der Waals surface area contributed by atoms with E-state index in [4.69, 9.17) is 0 Å². The molecule has 1 rings (SSSR count). The van der Waals surface area contributed by atoms with Gasteiger partial charge in [-0.2, -0.15) is 0 Å². The number of hydrogen-bond donors (Lipinski definition) is 0. The largest absolute Gasteiger partial charge is 0.469 e. The molecule has 0 atom stereocenters. The van der Waals surface area contributed by atoms with Crippen molar-refractivity contribution in [2.75, 3.05) is 19.1 Å². The lowest BCUT2D eigenvalue weighted by Gasteiger charge is -2.16. The zero-order chi connectivity index (χ0) is 12.1. The van der Waals surface area contributed by atoms with Crippen molar-refractivity contribution < 1.29 is 14.3 Å². The van der Waals surface area contributed by atoms with Crippen molar-refractivity contribution in [1.82, 2.24) is 0 Å². The molecule has 1 amide bonds. The van der Waals surface area contributed by atoms with Crippen LogP contribution in [0.5, 0.6) is 0 Å². The molecule has 4 nitrogen and oxygen atoms in total. The highest BCUT2D eigenvalue weighted by Crippen LogP contribution is 2.14. The van der Waals surface area contributed by atoms with Gasteiger partial charge in [0.2, 0.25) is 5.91 Å². The van der Waals surface area contributed by atoms with E-state index in [0.717, 1.165) is 11.3 Å². The summed E-state index contributed by atoms with van der Waals surface area (Å²) in [6, 6.07) is 7.50. The summed E-state index contributed by atoms with van der Waals surface area (Å²) in [6.45, 7) is 1.97. The lowest BCUT2D eigenvalue weighted by atomic mass is 10.2. The van der Waals surface area contributed by atoms with Crippen LogP contribution in [0.2, 0.25) is 0 Å². The molecule has 86 valence electrons. The molecule has 0 aliphatic heterocycles. The van der Waals surface area contributed by atoms with Crippen molar-refractivity contribution in [2.45, 2.75) is 13.3 Å². The van der Waals surface area contributed by atoms with Crippen LogP contribution in [0.3, 0.4) is 0 Å². The second-order valence-corrected chi connectivity index (χ2v) is 3.54. The van der Waals surface area contributed by atoms with Gasteiger partial charge in [-0.15, -0.1) is 0 Å². The lowest BCUT2D eigenvalue weighted by molar-refractivity contribution is -0.143. The van der Waals surface area contributed by atoms with Gasteiger partial charge in [0.1, 0.15) is 6.42 Å². The number of amides is 1. The maximum atomic E-state index is 11.6. The topological polar surface area (TPSA) is 46.6 Å². The first-order valence-electron chi connectivity index (χ1n) is 4.94. The minimum absolute atomic E-state index is 0.235. The summed E-state index contributed by atoms with van der Waals surface area (Å²) in [5.41, 5.74) is 1.89. The Morgan fingerprint density at radius 3 is 2.31 bits per heavy atom. The number of esters is 1. The van der Waals surface area contributed by atoms with Crippen molar-refractivity contribution in [1.29, 1.82) is 0 Å². The second kappa shape index (κ2) is 5.30. The Morgan fingerprint density at radius 2 is 1.81 bits per heavy atom. The predicted molar refractivity (Wildman–Crippen MR) is 61.2 cm³/mol. The van der Waals surface area contributed by atoms with Gasteiger partial charge in [-0.05, 0) is 19.1 Å². The number of hydrogen-bond acceptors (Lipinski definition) is 3. The van der Waals surface area contributed by atoms with E-state index in [1.54, 1.807) is 7.05 Å². The van der Waals surface area contributed by atoms with Gasteiger partial charge in [0.25, 0.3) is 0 Å². The van der Waals surface area contributed by atoms with Gasteiger partial charge < -0.3 is 9.64 Å². The van der Waals surface area contributed by atoms with E-state index >= 15 is 0 Å². The van der Waals surface area contributed by atoms with Crippen LogP contribution in [0.1, 0.15) is 12.0 Å². The van der Waals surface area contributed by atoms with Gasteiger partial charge >= 0.3 is 5.97 Å². The van der Waals surface area contributed by atoms with E-state index < -0.39 is 5.97 Å². The SMILES string of the molecule is COC(=O)CC(=O)N(C)c1ccc(C)cc1. The molecule has 0 saturated carbocycles. The van der Waals surface area contributed by atoms with E-state index in [-0.39, 0.29) is 12.3 Å². The fourth-order valence-corrected chi connectivity index (χ4v) is 1.23. The molecule has 0 saturated heterocycles. The lowest BCUT2D eigenvalue weighted by Crippen LogP contribution is -2.28. The van der Waals surface area contributed by atoms with E-state index in [1.165, 1.54) is 12.0 Å². The Bertz CT molecular complexity index is 384. The maximum Gasteiger partial charge on any atom is 0.315 e. The van der Waals surface area contributed by atoms with Crippen molar-refractivity contribution in [3.63, 3.8) is 0 Å².